The summed E-state index contributed by atoms with van der Waals surface area (Å²) in [5.74, 6) is 1.44. The third-order valence-corrected chi connectivity index (χ3v) is 4.77. The summed E-state index contributed by atoms with van der Waals surface area (Å²) in [7, 11) is 1.62. The third-order valence-electron chi connectivity index (χ3n) is 4.77. The molecule has 1 aliphatic carbocycles. The van der Waals surface area contributed by atoms with Gasteiger partial charge in [-0.2, -0.15) is 0 Å². The first kappa shape index (κ1) is 18.9. The van der Waals surface area contributed by atoms with Crippen LogP contribution in [0.15, 0.2) is 18.2 Å². The van der Waals surface area contributed by atoms with Gasteiger partial charge in [0.05, 0.1) is 13.2 Å². The number of rotatable bonds is 4. The lowest BCUT2D eigenvalue weighted by Crippen LogP contribution is -2.52. The Morgan fingerprint density at radius 3 is 2.67 bits per heavy atom. The molecule has 134 valence electrons. The lowest BCUT2D eigenvalue weighted by Gasteiger charge is -2.34. The van der Waals surface area contributed by atoms with Gasteiger partial charge in [0, 0.05) is 31.2 Å². The van der Waals surface area contributed by atoms with E-state index >= 15 is 0 Å². The van der Waals surface area contributed by atoms with Gasteiger partial charge in [-0.05, 0) is 50.8 Å². The number of nitrogens with one attached hydrogen (secondary N) is 1. The molecule has 1 atom stereocenters. The molecule has 0 aromatic heterocycles. The largest absolute Gasteiger partial charge is 0.493 e. The Hall–Kier alpha value is -1.46. The Morgan fingerprint density at radius 1 is 1.25 bits per heavy atom. The molecule has 2 fully saturated rings. The van der Waals surface area contributed by atoms with Crippen molar-refractivity contribution in [1.82, 2.24) is 10.2 Å². The van der Waals surface area contributed by atoms with Crippen molar-refractivity contribution in [2.24, 2.45) is 0 Å². The summed E-state index contributed by atoms with van der Waals surface area (Å²) >= 11 is 0. The normalized spacial score (nSPS) is 21.2. The molecule has 0 radical (unpaired) electrons. The molecule has 1 aromatic carbocycles. The van der Waals surface area contributed by atoms with E-state index in [4.69, 9.17) is 9.47 Å². The predicted octanol–water partition coefficient (Wildman–Crippen LogP) is 2.87. The molecular formula is C18H27ClN2O3. The zero-order valence-electron chi connectivity index (χ0n) is 14.4. The van der Waals surface area contributed by atoms with E-state index in [1.54, 1.807) is 13.2 Å². The number of halogens is 1. The van der Waals surface area contributed by atoms with Gasteiger partial charge in [-0.25, -0.2) is 0 Å². The van der Waals surface area contributed by atoms with Crippen LogP contribution < -0.4 is 14.8 Å². The summed E-state index contributed by atoms with van der Waals surface area (Å²) in [6, 6.07) is 5.74. The number of amides is 1. The molecule has 1 unspecified atom stereocenters. The SMILES string of the molecule is COc1cc(C(=O)N2CCNCC2C)ccc1OC1CCCC1.Cl. The van der Waals surface area contributed by atoms with Crippen LogP contribution in [0, 0.1) is 0 Å². The number of hydrogen-bond donors (Lipinski definition) is 1. The van der Waals surface area contributed by atoms with Crippen LogP contribution in [0.3, 0.4) is 0 Å². The zero-order chi connectivity index (χ0) is 16.2. The highest BCUT2D eigenvalue weighted by Crippen LogP contribution is 2.32. The zero-order valence-corrected chi connectivity index (χ0v) is 15.2. The van der Waals surface area contributed by atoms with Gasteiger partial charge in [0.2, 0.25) is 0 Å². The quantitative estimate of drug-likeness (QED) is 0.903. The Balaban J connectivity index is 0.00000208. The van der Waals surface area contributed by atoms with Gasteiger partial charge in [-0.15, -0.1) is 12.4 Å². The predicted molar refractivity (Wildman–Crippen MR) is 96.5 cm³/mol. The second kappa shape index (κ2) is 8.58. The molecule has 3 rings (SSSR count). The van der Waals surface area contributed by atoms with Crippen molar-refractivity contribution in [1.29, 1.82) is 0 Å². The lowest BCUT2D eigenvalue weighted by atomic mass is 10.1. The van der Waals surface area contributed by atoms with Gasteiger partial charge >= 0.3 is 0 Å². The topological polar surface area (TPSA) is 50.8 Å². The maximum absolute atomic E-state index is 12.7. The maximum Gasteiger partial charge on any atom is 0.254 e. The molecular weight excluding hydrogens is 328 g/mol. The smallest absolute Gasteiger partial charge is 0.254 e. The number of benzene rings is 1. The molecule has 5 nitrogen and oxygen atoms in total. The summed E-state index contributed by atoms with van der Waals surface area (Å²) in [5.41, 5.74) is 0.661. The Morgan fingerprint density at radius 2 is 2.00 bits per heavy atom. The number of hydrogen-bond acceptors (Lipinski definition) is 4. The molecule has 1 heterocycles. The second-order valence-electron chi connectivity index (χ2n) is 6.44. The van der Waals surface area contributed by atoms with Gasteiger partial charge < -0.3 is 19.7 Å². The summed E-state index contributed by atoms with van der Waals surface area (Å²) in [5, 5.41) is 3.30. The number of carbonyl (C=O) groups excluding carboxylic acids is 1. The number of methoxy groups -OCH3 is 1. The summed E-state index contributed by atoms with van der Waals surface area (Å²) in [6.07, 6.45) is 4.93. The van der Waals surface area contributed by atoms with Crippen molar-refractivity contribution < 1.29 is 14.3 Å². The van der Waals surface area contributed by atoms with Crippen molar-refractivity contribution in [2.45, 2.75) is 44.8 Å². The van der Waals surface area contributed by atoms with Crippen LogP contribution in [-0.4, -0.2) is 49.7 Å². The number of nitrogens with zero attached hydrogens (tertiary/aromatic N) is 1. The van der Waals surface area contributed by atoms with Gasteiger partial charge in [-0.1, -0.05) is 0 Å². The molecule has 0 bridgehead atoms. The number of ether oxygens (including phenoxy) is 2. The molecule has 1 amide bonds. The van der Waals surface area contributed by atoms with Gasteiger partial charge in [0.25, 0.3) is 5.91 Å². The molecule has 24 heavy (non-hydrogen) atoms. The monoisotopic (exact) mass is 354 g/mol. The highest BCUT2D eigenvalue weighted by Gasteiger charge is 2.25. The maximum atomic E-state index is 12.7. The first-order valence-electron chi connectivity index (χ1n) is 8.55. The van der Waals surface area contributed by atoms with Crippen molar-refractivity contribution in [2.75, 3.05) is 26.7 Å². The highest BCUT2D eigenvalue weighted by molar-refractivity contribution is 5.95. The third kappa shape index (κ3) is 4.14. The molecule has 1 aromatic rings. The number of piperazine rings is 1. The fourth-order valence-corrected chi connectivity index (χ4v) is 3.39. The van der Waals surface area contributed by atoms with E-state index in [1.807, 2.05) is 17.0 Å². The minimum Gasteiger partial charge on any atom is -0.493 e. The lowest BCUT2D eigenvalue weighted by molar-refractivity contribution is 0.0655. The standard InChI is InChI=1S/C18H26N2O3.ClH/c1-13-12-19-9-10-20(13)18(21)14-7-8-16(17(11-14)22-2)23-15-5-3-4-6-15;/h7-8,11,13,15,19H,3-6,9-10,12H2,1-2H3;1H. The molecule has 6 heteroatoms. The van der Waals surface area contributed by atoms with Crippen LogP contribution >= 0.6 is 12.4 Å². The van der Waals surface area contributed by atoms with E-state index in [1.165, 1.54) is 12.8 Å². The fraction of sp³-hybridized carbons (Fsp3) is 0.611. The van der Waals surface area contributed by atoms with E-state index in [2.05, 4.69) is 12.2 Å². The Bertz CT molecular complexity index is 561. The number of carbonyl (C=O) groups is 1. The molecule has 1 saturated heterocycles. The van der Waals surface area contributed by atoms with Crippen LogP contribution in [0.1, 0.15) is 43.0 Å². The summed E-state index contributed by atoms with van der Waals surface area (Å²) in [4.78, 5) is 14.7. The van der Waals surface area contributed by atoms with Crippen molar-refractivity contribution >= 4 is 18.3 Å². The molecule has 1 saturated carbocycles. The summed E-state index contributed by atoms with van der Waals surface area (Å²) < 4.78 is 11.5. The minimum absolute atomic E-state index is 0. The van der Waals surface area contributed by atoms with Crippen molar-refractivity contribution in [3.63, 3.8) is 0 Å². The van der Waals surface area contributed by atoms with Crippen molar-refractivity contribution in [3.05, 3.63) is 23.8 Å². The van der Waals surface area contributed by atoms with Crippen LogP contribution in [0.2, 0.25) is 0 Å². The average molecular weight is 355 g/mol. The molecule has 1 N–H and O–H groups in total. The average Bonchev–Trinajstić information content (AvgIpc) is 3.08. The molecule has 0 spiro atoms. The molecule has 2 aliphatic rings. The Kier molecular flexibility index (Phi) is 6.75. The van der Waals surface area contributed by atoms with E-state index in [0.29, 0.717) is 11.3 Å². The van der Waals surface area contributed by atoms with Gasteiger partial charge in [0.15, 0.2) is 11.5 Å². The van der Waals surface area contributed by atoms with Crippen LogP contribution in [0.5, 0.6) is 11.5 Å². The van der Waals surface area contributed by atoms with Gasteiger partial charge in [0.1, 0.15) is 0 Å². The Labute approximate surface area is 150 Å². The van der Waals surface area contributed by atoms with Crippen LogP contribution in [0.4, 0.5) is 0 Å². The second-order valence-corrected chi connectivity index (χ2v) is 6.44. The summed E-state index contributed by atoms with van der Waals surface area (Å²) in [6.45, 7) is 4.49. The van der Waals surface area contributed by atoms with E-state index in [-0.39, 0.29) is 30.5 Å². The van der Waals surface area contributed by atoms with Crippen molar-refractivity contribution in [3.8, 4) is 11.5 Å². The van der Waals surface area contributed by atoms with E-state index in [0.717, 1.165) is 38.2 Å². The van der Waals surface area contributed by atoms with Gasteiger partial charge in [-0.3, -0.25) is 4.79 Å². The van der Waals surface area contributed by atoms with Crippen LogP contribution in [-0.2, 0) is 0 Å². The van der Waals surface area contributed by atoms with Crippen LogP contribution in [0.25, 0.3) is 0 Å². The fourth-order valence-electron chi connectivity index (χ4n) is 3.39. The van der Waals surface area contributed by atoms with E-state index in [9.17, 15) is 4.79 Å². The molecule has 1 aliphatic heterocycles. The first-order chi connectivity index (χ1) is 11.2. The minimum atomic E-state index is 0. The highest BCUT2D eigenvalue weighted by atomic mass is 35.5. The van der Waals surface area contributed by atoms with E-state index < -0.39 is 0 Å². The first-order valence-corrected chi connectivity index (χ1v) is 8.55.